The van der Waals surface area contributed by atoms with Gasteiger partial charge in [-0.25, -0.2) is 0 Å². The Balaban J connectivity index is 3.55. The normalized spacial score (nSPS) is 14.1. The number of ether oxygens (including phenoxy) is 2. The second-order valence-corrected chi connectivity index (χ2v) is 8.10. The third-order valence-electron chi connectivity index (χ3n) is 4.90. The van der Waals surface area contributed by atoms with Crippen LogP contribution in [0.1, 0.15) is 90.9 Å². The molecular formula is C23H49N3O4. The van der Waals surface area contributed by atoms with E-state index in [0.29, 0.717) is 13.2 Å². The fourth-order valence-electron chi connectivity index (χ4n) is 3.00. The number of aliphatic hydroxyl groups is 2. The highest BCUT2D eigenvalue weighted by Crippen LogP contribution is 2.05. The topological polar surface area (TPSA) is 109 Å². The molecule has 0 aromatic heterocycles. The van der Waals surface area contributed by atoms with Gasteiger partial charge in [-0.15, -0.1) is 0 Å². The van der Waals surface area contributed by atoms with Gasteiger partial charge in [-0.1, -0.05) is 78.1 Å². The van der Waals surface area contributed by atoms with Crippen LogP contribution in [0.25, 0.3) is 0 Å². The van der Waals surface area contributed by atoms with Crippen LogP contribution in [0, 0.1) is 0 Å². The van der Waals surface area contributed by atoms with Crippen molar-refractivity contribution in [3.05, 3.63) is 0 Å². The van der Waals surface area contributed by atoms with E-state index >= 15 is 0 Å². The van der Waals surface area contributed by atoms with E-state index in [9.17, 15) is 10.2 Å². The summed E-state index contributed by atoms with van der Waals surface area (Å²) >= 11 is 0. The van der Waals surface area contributed by atoms with Crippen molar-refractivity contribution < 1.29 is 19.7 Å². The molecular weight excluding hydrogens is 382 g/mol. The van der Waals surface area contributed by atoms with Gasteiger partial charge in [-0.3, -0.25) is 4.99 Å². The average molecular weight is 432 g/mol. The number of nitrogens with two attached hydrogens (primary N) is 1. The number of hydrogen-bond donors (Lipinski definition) is 4. The molecule has 0 saturated carbocycles. The highest BCUT2D eigenvalue weighted by atomic mass is 16.5. The zero-order valence-corrected chi connectivity index (χ0v) is 19.6. The molecule has 0 bridgehead atoms. The lowest BCUT2D eigenvalue weighted by Gasteiger charge is -2.13. The molecule has 0 fully saturated rings. The second-order valence-electron chi connectivity index (χ2n) is 8.10. The number of rotatable bonds is 22. The van der Waals surface area contributed by atoms with Crippen LogP contribution in [-0.4, -0.2) is 67.9 Å². The molecule has 0 aromatic carbocycles. The number of nitrogens with zero attached hydrogens (tertiary/aromatic N) is 1. The highest BCUT2D eigenvalue weighted by Gasteiger charge is 2.06. The second kappa shape index (κ2) is 22.8. The Kier molecular flexibility index (Phi) is 22.1. The fourth-order valence-corrected chi connectivity index (χ4v) is 3.00. The smallest absolute Gasteiger partial charge is 0.188 e. The number of nitrogens with one attached hydrogen (secondary N) is 1. The van der Waals surface area contributed by atoms with E-state index < -0.39 is 12.2 Å². The van der Waals surface area contributed by atoms with Crippen molar-refractivity contribution in [2.75, 3.05) is 39.5 Å². The summed E-state index contributed by atoms with van der Waals surface area (Å²) in [7, 11) is 0. The molecule has 0 heterocycles. The van der Waals surface area contributed by atoms with Crippen LogP contribution in [-0.2, 0) is 9.47 Å². The van der Waals surface area contributed by atoms with Crippen LogP contribution >= 0.6 is 0 Å². The van der Waals surface area contributed by atoms with Crippen LogP contribution in [0.15, 0.2) is 4.99 Å². The van der Waals surface area contributed by atoms with Gasteiger partial charge in [0.25, 0.3) is 0 Å². The maximum atomic E-state index is 9.92. The minimum atomic E-state index is -0.670. The maximum Gasteiger partial charge on any atom is 0.188 e. The molecule has 0 aliphatic carbocycles. The molecule has 2 unspecified atom stereocenters. The lowest BCUT2D eigenvalue weighted by molar-refractivity contribution is 0.0372. The minimum Gasteiger partial charge on any atom is -0.389 e. The summed E-state index contributed by atoms with van der Waals surface area (Å²) in [6, 6.07) is 0. The predicted molar refractivity (Wildman–Crippen MR) is 125 cm³/mol. The van der Waals surface area contributed by atoms with E-state index in [2.05, 4.69) is 24.2 Å². The number of aliphatic imine (C=N–C) groups is 1. The van der Waals surface area contributed by atoms with Gasteiger partial charge < -0.3 is 30.7 Å². The Morgan fingerprint density at radius 1 is 0.767 bits per heavy atom. The van der Waals surface area contributed by atoms with E-state index in [1.807, 2.05) is 0 Å². The van der Waals surface area contributed by atoms with Gasteiger partial charge in [0, 0.05) is 19.8 Å². The first-order valence-corrected chi connectivity index (χ1v) is 12.2. The van der Waals surface area contributed by atoms with Crippen molar-refractivity contribution in [2.45, 2.75) is 103 Å². The molecule has 5 N–H and O–H groups in total. The maximum absolute atomic E-state index is 9.92. The summed E-state index contributed by atoms with van der Waals surface area (Å²) in [6.45, 7) is 6.78. The summed E-state index contributed by atoms with van der Waals surface area (Å²) in [5.74, 6) is 0.208. The van der Waals surface area contributed by atoms with E-state index in [1.165, 1.54) is 64.2 Å². The van der Waals surface area contributed by atoms with Crippen LogP contribution < -0.4 is 11.1 Å². The van der Waals surface area contributed by atoms with Crippen molar-refractivity contribution in [3.63, 3.8) is 0 Å². The Morgan fingerprint density at radius 3 is 1.77 bits per heavy atom. The van der Waals surface area contributed by atoms with Crippen molar-refractivity contribution in [1.82, 2.24) is 5.32 Å². The minimum absolute atomic E-state index is 0.181. The first-order valence-electron chi connectivity index (χ1n) is 12.2. The lowest BCUT2D eigenvalue weighted by atomic mass is 10.1. The molecule has 180 valence electrons. The molecule has 0 amide bonds. The summed E-state index contributed by atoms with van der Waals surface area (Å²) in [6.07, 6.45) is 13.3. The summed E-state index contributed by atoms with van der Waals surface area (Å²) in [5.41, 5.74) is 5.77. The lowest BCUT2D eigenvalue weighted by Crippen LogP contribution is -2.39. The van der Waals surface area contributed by atoms with Crippen LogP contribution in [0.2, 0.25) is 0 Å². The quantitative estimate of drug-likeness (QED) is 0.119. The Bertz CT molecular complexity index is 383. The number of unbranched alkanes of at least 4 members (excludes halogenated alkanes) is 10. The van der Waals surface area contributed by atoms with Crippen LogP contribution in [0.5, 0.6) is 0 Å². The standard InChI is InChI=1S/C23H49N3O4/c1-3-5-7-9-11-13-15-29-19-21(27)17-25-23(24)26-18-22(28)20-30-16-14-12-10-8-6-4-2/h21-22,27-28H,3-20H2,1-2H3,(H3,24,25,26). The predicted octanol–water partition coefficient (Wildman–Crippen LogP) is 3.37. The molecule has 0 saturated heterocycles. The van der Waals surface area contributed by atoms with Crippen LogP contribution in [0.4, 0.5) is 0 Å². The van der Waals surface area contributed by atoms with Gasteiger partial charge in [0.05, 0.1) is 32.0 Å². The van der Waals surface area contributed by atoms with Gasteiger partial charge in [0.15, 0.2) is 5.96 Å². The Morgan fingerprint density at radius 2 is 1.23 bits per heavy atom. The molecule has 2 atom stereocenters. The molecule has 30 heavy (non-hydrogen) atoms. The first kappa shape index (κ1) is 29.1. The third kappa shape index (κ3) is 21.8. The fraction of sp³-hybridized carbons (Fsp3) is 0.957. The largest absolute Gasteiger partial charge is 0.389 e. The first-order chi connectivity index (χ1) is 14.6. The molecule has 0 aromatic rings. The van der Waals surface area contributed by atoms with Crippen molar-refractivity contribution in [2.24, 2.45) is 10.7 Å². The molecule has 7 nitrogen and oxygen atoms in total. The SMILES string of the molecule is CCCCCCCCOCC(O)CN=C(N)NCC(O)COCCCCCCCC. The monoisotopic (exact) mass is 431 g/mol. The molecule has 0 rings (SSSR count). The average Bonchev–Trinajstić information content (AvgIpc) is 2.74. The van der Waals surface area contributed by atoms with E-state index in [4.69, 9.17) is 15.2 Å². The highest BCUT2D eigenvalue weighted by molar-refractivity contribution is 5.77. The van der Waals surface area contributed by atoms with Gasteiger partial charge >= 0.3 is 0 Å². The van der Waals surface area contributed by atoms with Crippen molar-refractivity contribution >= 4 is 5.96 Å². The summed E-state index contributed by atoms with van der Waals surface area (Å²) < 4.78 is 11.0. The zero-order chi connectivity index (χ0) is 22.3. The Labute approximate surface area is 184 Å². The third-order valence-corrected chi connectivity index (χ3v) is 4.90. The molecule has 0 spiro atoms. The molecule has 0 aliphatic heterocycles. The van der Waals surface area contributed by atoms with Crippen molar-refractivity contribution in [3.8, 4) is 0 Å². The van der Waals surface area contributed by atoms with Gasteiger partial charge in [0.1, 0.15) is 0 Å². The van der Waals surface area contributed by atoms with Gasteiger partial charge in [-0.05, 0) is 12.8 Å². The number of guanidine groups is 1. The summed E-state index contributed by atoms with van der Waals surface area (Å²) in [4.78, 5) is 4.09. The molecule has 0 aliphatic rings. The molecule has 0 radical (unpaired) electrons. The van der Waals surface area contributed by atoms with E-state index in [1.54, 1.807) is 0 Å². The van der Waals surface area contributed by atoms with Gasteiger partial charge in [-0.2, -0.15) is 0 Å². The number of aliphatic hydroxyl groups excluding tert-OH is 2. The number of hydrogen-bond acceptors (Lipinski definition) is 5. The van der Waals surface area contributed by atoms with Crippen LogP contribution in [0.3, 0.4) is 0 Å². The Hall–Kier alpha value is -0.890. The zero-order valence-electron chi connectivity index (χ0n) is 19.6. The van der Waals surface area contributed by atoms with Gasteiger partial charge in [0.2, 0.25) is 0 Å². The van der Waals surface area contributed by atoms with E-state index in [-0.39, 0.29) is 32.3 Å². The van der Waals surface area contributed by atoms with E-state index in [0.717, 1.165) is 12.8 Å². The molecule has 7 heteroatoms. The van der Waals surface area contributed by atoms with Crippen molar-refractivity contribution in [1.29, 1.82) is 0 Å². The summed E-state index contributed by atoms with van der Waals surface area (Å²) in [5, 5.41) is 22.7.